The summed E-state index contributed by atoms with van der Waals surface area (Å²) < 4.78 is 55.0. The molecule has 1 aromatic rings. The summed E-state index contributed by atoms with van der Waals surface area (Å²) >= 11 is 0. The summed E-state index contributed by atoms with van der Waals surface area (Å²) in [5.41, 5.74) is -3.52. The van der Waals surface area contributed by atoms with Gasteiger partial charge in [-0.15, -0.1) is 0 Å². The molecule has 1 aromatic carbocycles. The molecule has 7 heteroatoms. The first-order chi connectivity index (χ1) is 11.8. The van der Waals surface area contributed by atoms with E-state index in [1.807, 2.05) is 5.32 Å². The number of fused-ring (bicyclic) bond motifs is 1. The lowest BCUT2D eigenvalue weighted by Gasteiger charge is -2.37. The molecule has 1 aliphatic heterocycles. The highest BCUT2D eigenvalue weighted by Gasteiger charge is 2.59. The maximum atomic E-state index is 13.8. The Hall–Kier alpha value is -2.49. The predicted octanol–water partition coefficient (Wildman–Crippen LogP) is 4.47. The number of anilines is 1. The van der Waals surface area contributed by atoms with Gasteiger partial charge in [-0.3, -0.25) is 0 Å². The van der Waals surface area contributed by atoms with E-state index in [0.717, 1.165) is 43.9 Å². The van der Waals surface area contributed by atoms with Gasteiger partial charge in [0.1, 0.15) is 5.82 Å². The molecule has 3 nitrogen and oxygen atoms in total. The first kappa shape index (κ1) is 17.3. The molecule has 0 saturated heterocycles. The van der Waals surface area contributed by atoms with Gasteiger partial charge in [-0.1, -0.05) is 30.8 Å². The molecule has 0 aromatic heterocycles. The molecule has 1 fully saturated rings. The van der Waals surface area contributed by atoms with E-state index in [0.29, 0.717) is 5.92 Å². The number of urea groups is 1. The van der Waals surface area contributed by atoms with E-state index in [1.165, 1.54) is 6.08 Å². The molecule has 0 bridgehead atoms. The van der Waals surface area contributed by atoms with E-state index < -0.39 is 29.1 Å². The Balaban J connectivity index is 2.03. The van der Waals surface area contributed by atoms with Crippen LogP contribution in [0.15, 0.2) is 30.4 Å². The predicted molar refractivity (Wildman–Crippen MR) is 85.2 cm³/mol. The Morgan fingerprint density at radius 2 is 1.96 bits per heavy atom. The van der Waals surface area contributed by atoms with Crippen molar-refractivity contribution in [1.82, 2.24) is 5.32 Å². The Bertz CT molecular complexity index is 770. The van der Waals surface area contributed by atoms with Crippen molar-refractivity contribution in [2.24, 2.45) is 5.92 Å². The minimum Gasteiger partial charge on any atom is -0.310 e. The highest BCUT2D eigenvalue weighted by atomic mass is 19.4. The largest absolute Gasteiger partial charge is 0.427 e. The summed E-state index contributed by atoms with van der Waals surface area (Å²) in [6.07, 6.45) is 2.46. The van der Waals surface area contributed by atoms with E-state index in [4.69, 9.17) is 0 Å². The lowest BCUT2D eigenvalue weighted by atomic mass is 9.86. The number of carbonyl (C=O) groups is 1. The molecule has 0 radical (unpaired) electrons. The monoisotopic (exact) mass is 352 g/mol. The molecule has 2 N–H and O–H groups in total. The molecule has 2 amide bonds. The average Bonchev–Trinajstić information content (AvgIpc) is 3.04. The lowest BCUT2D eigenvalue weighted by molar-refractivity contribution is -0.178. The third-order valence-electron chi connectivity index (χ3n) is 4.47. The topological polar surface area (TPSA) is 41.1 Å². The maximum Gasteiger partial charge on any atom is 0.427 e. The third-order valence-corrected chi connectivity index (χ3v) is 4.47. The summed E-state index contributed by atoms with van der Waals surface area (Å²) in [6, 6.07) is 1.79. The second-order valence-electron chi connectivity index (χ2n) is 6.19. The Morgan fingerprint density at radius 1 is 1.24 bits per heavy atom. The number of hydrogen-bond acceptors (Lipinski definition) is 1. The number of alkyl halides is 3. The second-order valence-corrected chi connectivity index (χ2v) is 6.19. The minimum atomic E-state index is -4.92. The zero-order valence-corrected chi connectivity index (χ0v) is 13.2. The van der Waals surface area contributed by atoms with Gasteiger partial charge < -0.3 is 10.6 Å². The Morgan fingerprint density at radius 3 is 2.64 bits per heavy atom. The molecule has 3 rings (SSSR count). The molecule has 1 saturated carbocycles. The van der Waals surface area contributed by atoms with Gasteiger partial charge in [-0.05, 0) is 43.0 Å². The van der Waals surface area contributed by atoms with Crippen LogP contribution in [-0.4, -0.2) is 12.2 Å². The highest BCUT2D eigenvalue weighted by molar-refractivity contribution is 5.94. The van der Waals surface area contributed by atoms with Crippen molar-refractivity contribution in [2.45, 2.75) is 37.4 Å². The normalized spacial score (nSPS) is 23.6. The molecular formula is C18H16F4N2O. The average molecular weight is 352 g/mol. The zero-order chi connectivity index (χ0) is 18.1. The van der Waals surface area contributed by atoms with Gasteiger partial charge >= 0.3 is 12.2 Å². The fraction of sp³-hybridized carbons (Fsp3) is 0.389. The molecule has 1 heterocycles. The van der Waals surface area contributed by atoms with Gasteiger partial charge in [0.25, 0.3) is 0 Å². The Labute approximate surface area is 142 Å². The maximum absolute atomic E-state index is 13.8. The van der Waals surface area contributed by atoms with Crippen LogP contribution >= 0.6 is 0 Å². The molecule has 1 atom stereocenters. The van der Waals surface area contributed by atoms with Crippen molar-refractivity contribution >= 4 is 11.7 Å². The fourth-order valence-corrected chi connectivity index (χ4v) is 3.20. The molecule has 25 heavy (non-hydrogen) atoms. The third kappa shape index (κ3) is 3.34. The molecular weight excluding hydrogens is 336 g/mol. The number of allylic oxidation sites excluding steroid dienone is 2. The number of nitrogens with one attached hydrogen (secondary N) is 2. The second kappa shape index (κ2) is 6.43. The standard InChI is InChI=1S/C18H16F4N2O/c19-13-8-9-15-14(11-13)17(18(20,21)22,24-16(25)23-15)10-4-3-7-12-5-1-2-6-12/h3,7-9,11-12H,1-2,5-6H2,(H2,23,24,25)/b7-3+/t17-/m0/s1. The number of rotatable bonds is 1. The van der Waals surface area contributed by atoms with Crippen molar-refractivity contribution in [3.05, 3.63) is 41.7 Å². The summed E-state index contributed by atoms with van der Waals surface area (Å²) in [5, 5.41) is 4.08. The number of benzene rings is 1. The van der Waals surface area contributed by atoms with Gasteiger partial charge in [-0.25, -0.2) is 9.18 Å². The number of amides is 2. The van der Waals surface area contributed by atoms with Crippen LogP contribution < -0.4 is 10.6 Å². The van der Waals surface area contributed by atoms with Crippen LogP contribution in [-0.2, 0) is 5.54 Å². The van der Waals surface area contributed by atoms with E-state index in [2.05, 4.69) is 17.2 Å². The zero-order valence-electron chi connectivity index (χ0n) is 13.2. The van der Waals surface area contributed by atoms with Crippen molar-refractivity contribution in [3.63, 3.8) is 0 Å². The first-order valence-corrected chi connectivity index (χ1v) is 7.97. The molecule has 2 aliphatic rings. The number of hydrogen-bond donors (Lipinski definition) is 2. The van der Waals surface area contributed by atoms with E-state index in [-0.39, 0.29) is 5.69 Å². The van der Waals surface area contributed by atoms with Crippen LogP contribution in [0.25, 0.3) is 0 Å². The van der Waals surface area contributed by atoms with Crippen molar-refractivity contribution in [3.8, 4) is 11.8 Å². The van der Waals surface area contributed by atoms with Crippen LogP contribution in [0.4, 0.5) is 28.0 Å². The van der Waals surface area contributed by atoms with E-state index in [1.54, 1.807) is 6.08 Å². The van der Waals surface area contributed by atoms with Crippen molar-refractivity contribution < 1.29 is 22.4 Å². The summed E-state index contributed by atoms with van der Waals surface area (Å²) in [4.78, 5) is 11.7. The molecule has 0 unspecified atom stereocenters. The minimum absolute atomic E-state index is 0.114. The molecule has 132 valence electrons. The number of carbonyl (C=O) groups excluding carboxylic acids is 1. The molecule has 1 aliphatic carbocycles. The lowest BCUT2D eigenvalue weighted by Crippen LogP contribution is -2.59. The summed E-state index contributed by atoms with van der Waals surface area (Å²) in [7, 11) is 0. The first-order valence-electron chi connectivity index (χ1n) is 7.97. The Kier molecular flexibility index (Phi) is 4.46. The highest BCUT2D eigenvalue weighted by Crippen LogP contribution is 2.43. The van der Waals surface area contributed by atoms with Gasteiger partial charge in [0.05, 0.1) is 0 Å². The van der Waals surface area contributed by atoms with Crippen LogP contribution in [0.3, 0.4) is 0 Å². The van der Waals surface area contributed by atoms with E-state index >= 15 is 0 Å². The van der Waals surface area contributed by atoms with Gasteiger partial charge in [0.2, 0.25) is 5.54 Å². The van der Waals surface area contributed by atoms with Crippen LogP contribution in [0.1, 0.15) is 31.2 Å². The van der Waals surface area contributed by atoms with Crippen molar-refractivity contribution in [2.75, 3.05) is 5.32 Å². The van der Waals surface area contributed by atoms with Gasteiger partial charge in [0, 0.05) is 11.3 Å². The van der Waals surface area contributed by atoms with Crippen molar-refractivity contribution in [1.29, 1.82) is 0 Å². The quantitative estimate of drug-likeness (QED) is 0.568. The smallest absolute Gasteiger partial charge is 0.310 e. The fourth-order valence-electron chi connectivity index (χ4n) is 3.20. The summed E-state index contributed by atoms with van der Waals surface area (Å²) in [5.74, 6) is 3.99. The van der Waals surface area contributed by atoms with Crippen LogP contribution in [0.2, 0.25) is 0 Å². The van der Waals surface area contributed by atoms with E-state index in [9.17, 15) is 22.4 Å². The van der Waals surface area contributed by atoms with Gasteiger partial charge in [-0.2, -0.15) is 13.2 Å². The van der Waals surface area contributed by atoms with Gasteiger partial charge in [0.15, 0.2) is 0 Å². The summed E-state index contributed by atoms with van der Waals surface area (Å²) in [6.45, 7) is 0. The number of halogens is 4. The SMILES string of the molecule is O=C1Nc2ccc(F)cc2[C@@](C#C/C=C/C2CCCC2)(C(F)(F)F)N1. The molecule has 0 spiro atoms. The van der Waals surface area contributed by atoms with Crippen LogP contribution in [0.5, 0.6) is 0 Å². The van der Waals surface area contributed by atoms with Crippen LogP contribution in [0, 0.1) is 23.6 Å².